The molecule has 0 saturated heterocycles. The highest BCUT2D eigenvalue weighted by molar-refractivity contribution is 6.16. The van der Waals surface area contributed by atoms with Crippen molar-refractivity contribution in [1.82, 2.24) is 15.0 Å². The molecule has 0 spiro atoms. The third-order valence-electron chi connectivity index (χ3n) is 10.1. The van der Waals surface area contributed by atoms with Crippen LogP contribution in [-0.4, -0.2) is 15.0 Å². The van der Waals surface area contributed by atoms with E-state index < -0.39 is 0 Å². The van der Waals surface area contributed by atoms with Crippen molar-refractivity contribution in [2.24, 2.45) is 0 Å². The Morgan fingerprint density at radius 3 is 1.81 bits per heavy atom. The van der Waals surface area contributed by atoms with Crippen molar-refractivity contribution in [1.29, 1.82) is 0 Å². The molecule has 5 heteroatoms. The molecule has 0 saturated carbocycles. The van der Waals surface area contributed by atoms with E-state index in [4.69, 9.17) is 23.8 Å². The van der Waals surface area contributed by atoms with Gasteiger partial charge < -0.3 is 8.83 Å². The lowest BCUT2D eigenvalue weighted by molar-refractivity contribution is 0.668. The first-order chi connectivity index (χ1) is 25.7. The summed E-state index contributed by atoms with van der Waals surface area (Å²) in [7, 11) is 0. The van der Waals surface area contributed by atoms with Crippen LogP contribution in [0, 0.1) is 0 Å². The summed E-state index contributed by atoms with van der Waals surface area (Å²) in [5, 5.41) is 8.90. The molecule has 3 aromatic heterocycles. The average Bonchev–Trinajstić information content (AvgIpc) is 3.79. The second-order valence-corrected chi connectivity index (χ2v) is 13.2. The maximum absolute atomic E-state index is 6.70. The van der Waals surface area contributed by atoms with Gasteiger partial charge in [-0.15, -0.1) is 0 Å². The molecule has 0 amide bonds. The predicted molar refractivity (Wildman–Crippen MR) is 211 cm³/mol. The molecule has 11 rings (SSSR count). The van der Waals surface area contributed by atoms with Gasteiger partial charge in [-0.1, -0.05) is 121 Å². The first-order valence-corrected chi connectivity index (χ1v) is 17.3. The zero-order chi connectivity index (χ0) is 34.2. The molecule has 0 radical (unpaired) electrons. The van der Waals surface area contributed by atoms with Gasteiger partial charge in [-0.3, -0.25) is 0 Å². The smallest absolute Gasteiger partial charge is 0.164 e. The first kappa shape index (κ1) is 28.7. The molecule has 3 heterocycles. The molecule has 242 valence electrons. The van der Waals surface area contributed by atoms with Gasteiger partial charge in [0.25, 0.3) is 0 Å². The van der Waals surface area contributed by atoms with Crippen LogP contribution >= 0.6 is 0 Å². The van der Waals surface area contributed by atoms with Gasteiger partial charge >= 0.3 is 0 Å². The van der Waals surface area contributed by atoms with Gasteiger partial charge in [-0.05, 0) is 69.6 Å². The number of para-hydroxylation sites is 2. The average molecular weight is 666 g/mol. The minimum atomic E-state index is 0.585. The molecular weight excluding hydrogens is 639 g/mol. The summed E-state index contributed by atoms with van der Waals surface area (Å²) in [6.07, 6.45) is 0. The highest BCUT2D eigenvalue weighted by atomic mass is 16.3. The Kier molecular flexibility index (Phi) is 6.18. The van der Waals surface area contributed by atoms with E-state index in [2.05, 4.69) is 91.0 Å². The van der Waals surface area contributed by atoms with E-state index in [-0.39, 0.29) is 0 Å². The Labute approximate surface area is 297 Å². The van der Waals surface area contributed by atoms with E-state index in [1.165, 1.54) is 16.2 Å². The molecule has 5 nitrogen and oxygen atoms in total. The van der Waals surface area contributed by atoms with Crippen LogP contribution in [0.2, 0.25) is 0 Å². The molecule has 0 atom stereocenters. The summed E-state index contributed by atoms with van der Waals surface area (Å²) < 4.78 is 12.8. The number of fused-ring (bicyclic) bond motifs is 9. The first-order valence-electron chi connectivity index (χ1n) is 17.3. The fraction of sp³-hybridized carbons (Fsp3) is 0. The lowest BCUT2D eigenvalue weighted by Gasteiger charge is -2.11. The van der Waals surface area contributed by atoms with Crippen LogP contribution < -0.4 is 0 Å². The molecule has 0 aliphatic carbocycles. The van der Waals surface area contributed by atoms with Crippen molar-refractivity contribution in [2.75, 3.05) is 0 Å². The third kappa shape index (κ3) is 4.46. The Hall–Kier alpha value is -7.11. The fourth-order valence-electron chi connectivity index (χ4n) is 7.63. The lowest BCUT2D eigenvalue weighted by atomic mass is 9.97. The number of furan rings is 2. The maximum Gasteiger partial charge on any atom is 0.164 e. The number of hydrogen-bond donors (Lipinski definition) is 0. The van der Waals surface area contributed by atoms with Gasteiger partial charge in [-0.2, -0.15) is 0 Å². The molecule has 0 aliphatic heterocycles. The summed E-state index contributed by atoms with van der Waals surface area (Å²) in [5.41, 5.74) is 8.08. The van der Waals surface area contributed by atoms with E-state index >= 15 is 0 Å². The Balaban J connectivity index is 1.14. The highest BCUT2D eigenvalue weighted by Gasteiger charge is 2.21. The van der Waals surface area contributed by atoms with E-state index in [1.807, 2.05) is 72.8 Å². The van der Waals surface area contributed by atoms with Crippen LogP contribution in [0.25, 0.3) is 111 Å². The number of aromatic nitrogens is 3. The van der Waals surface area contributed by atoms with Crippen LogP contribution in [0.4, 0.5) is 0 Å². The number of hydrogen-bond acceptors (Lipinski definition) is 5. The Bertz CT molecular complexity index is 3190. The molecule has 0 aliphatic rings. The normalized spacial score (nSPS) is 11.8. The van der Waals surface area contributed by atoms with E-state index in [0.29, 0.717) is 17.5 Å². The largest absolute Gasteiger partial charge is 0.456 e. The second-order valence-electron chi connectivity index (χ2n) is 13.2. The Morgan fingerprint density at radius 2 is 0.942 bits per heavy atom. The van der Waals surface area contributed by atoms with Gasteiger partial charge in [0.1, 0.15) is 22.3 Å². The van der Waals surface area contributed by atoms with E-state index in [0.717, 1.165) is 77.1 Å². The summed E-state index contributed by atoms with van der Waals surface area (Å²) in [6, 6.07) is 56.3. The minimum Gasteiger partial charge on any atom is -0.456 e. The van der Waals surface area contributed by atoms with Gasteiger partial charge in [0, 0.05) is 43.8 Å². The van der Waals surface area contributed by atoms with Crippen LogP contribution in [0.15, 0.2) is 173 Å². The number of benzene rings is 8. The Morgan fingerprint density at radius 1 is 0.327 bits per heavy atom. The van der Waals surface area contributed by atoms with E-state index in [9.17, 15) is 0 Å². The van der Waals surface area contributed by atoms with Crippen LogP contribution in [0.1, 0.15) is 0 Å². The SMILES string of the molecule is c1ccc(-c2nc(-c3ccc4c(ccc5ccccc54)c3)nc(-c3ccc(-c4ccc5oc6ccccc6c5c4)c4oc5ccccc5c34)n2)cc1. The van der Waals surface area contributed by atoms with Crippen LogP contribution in [0.5, 0.6) is 0 Å². The monoisotopic (exact) mass is 665 g/mol. The van der Waals surface area contributed by atoms with Gasteiger partial charge in [-0.25, -0.2) is 15.0 Å². The summed E-state index contributed by atoms with van der Waals surface area (Å²) in [6.45, 7) is 0. The fourth-order valence-corrected chi connectivity index (χ4v) is 7.63. The van der Waals surface area contributed by atoms with Crippen molar-refractivity contribution in [3.05, 3.63) is 164 Å². The zero-order valence-electron chi connectivity index (χ0n) is 27.7. The molecule has 8 aromatic carbocycles. The van der Waals surface area contributed by atoms with Crippen molar-refractivity contribution >= 4 is 65.4 Å². The molecule has 52 heavy (non-hydrogen) atoms. The molecule has 11 aromatic rings. The van der Waals surface area contributed by atoms with Crippen molar-refractivity contribution in [3.8, 4) is 45.3 Å². The van der Waals surface area contributed by atoms with E-state index in [1.54, 1.807) is 0 Å². The molecular formula is C47H27N3O2. The van der Waals surface area contributed by atoms with Gasteiger partial charge in [0.15, 0.2) is 17.5 Å². The molecule has 0 fully saturated rings. The quantitative estimate of drug-likeness (QED) is 0.175. The summed E-state index contributed by atoms with van der Waals surface area (Å²) >= 11 is 0. The number of nitrogens with zero attached hydrogens (tertiary/aromatic N) is 3. The maximum atomic E-state index is 6.70. The topological polar surface area (TPSA) is 65.0 Å². The van der Waals surface area contributed by atoms with Crippen molar-refractivity contribution in [2.45, 2.75) is 0 Å². The molecule has 0 bridgehead atoms. The minimum absolute atomic E-state index is 0.585. The predicted octanol–water partition coefficient (Wildman–Crippen LogP) is 12.6. The van der Waals surface area contributed by atoms with Gasteiger partial charge in [0.05, 0.1) is 0 Å². The molecule has 0 unspecified atom stereocenters. The van der Waals surface area contributed by atoms with Crippen LogP contribution in [-0.2, 0) is 0 Å². The summed E-state index contributed by atoms with van der Waals surface area (Å²) in [4.78, 5) is 15.4. The highest BCUT2D eigenvalue weighted by Crippen LogP contribution is 2.43. The summed E-state index contributed by atoms with van der Waals surface area (Å²) in [5.74, 6) is 1.81. The second kappa shape index (κ2) is 11.2. The van der Waals surface area contributed by atoms with Gasteiger partial charge in [0.2, 0.25) is 0 Å². The third-order valence-corrected chi connectivity index (χ3v) is 10.1. The number of rotatable bonds is 4. The van der Waals surface area contributed by atoms with Crippen molar-refractivity contribution in [3.63, 3.8) is 0 Å². The zero-order valence-corrected chi connectivity index (χ0v) is 27.7. The van der Waals surface area contributed by atoms with Crippen LogP contribution in [0.3, 0.4) is 0 Å². The molecule has 0 N–H and O–H groups in total. The lowest BCUT2D eigenvalue weighted by Crippen LogP contribution is -2.00. The van der Waals surface area contributed by atoms with Crippen molar-refractivity contribution < 1.29 is 8.83 Å². The standard InChI is InChI=1S/C47H27N3O2/c1-2-11-29(12-3-1)45-48-46(32-20-22-34-30(26-32)19-18-28-10-4-5-13-33(28)34)50-47(49-45)38-24-23-35(44-43(38)37-15-7-9-17-41(37)52-44)31-21-25-42-39(27-31)36-14-6-8-16-40(36)51-42/h1-27H.